The third-order valence-corrected chi connectivity index (χ3v) is 4.08. The van der Waals surface area contributed by atoms with Gasteiger partial charge in [0.1, 0.15) is 11.2 Å². The largest absolute Gasteiger partial charge is 0.465 e. The zero-order valence-corrected chi connectivity index (χ0v) is 14.4. The number of rotatable bonds is 3. The van der Waals surface area contributed by atoms with Gasteiger partial charge < -0.3 is 9.15 Å². The maximum absolute atomic E-state index is 12.0. The van der Waals surface area contributed by atoms with E-state index in [1.54, 1.807) is 6.07 Å². The Morgan fingerprint density at radius 3 is 2.62 bits per heavy atom. The normalized spacial score (nSPS) is 11.2. The number of esters is 1. The lowest BCUT2D eigenvalue weighted by Crippen LogP contribution is -2.02. The van der Waals surface area contributed by atoms with Crippen molar-refractivity contribution in [3.05, 3.63) is 75.7 Å². The molecule has 0 fully saturated rings. The number of aryl methyl sites for hydroxylation is 1. The molecule has 0 amide bonds. The van der Waals surface area contributed by atoms with Crippen LogP contribution in [0.1, 0.15) is 11.1 Å². The third kappa shape index (κ3) is 3.28. The minimum atomic E-state index is -0.595. The number of methoxy groups -OCH3 is 1. The van der Waals surface area contributed by atoms with Gasteiger partial charge in [0, 0.05) is 17.0 Å². The van der Waals surface area contributed by atoms with Crippen LogP contribution < -0.4 is 5.63 Å². The summed E-state index contributed by atoms with van der Waals surface area (Å²) in [6, 6.07) is 14.6. The van der Waals surface area contributed by atoms with Crippen LogP contribution in [0.3, 0.4) is 0 Å². The predicted molar refractivity (Wildman–Crippen MR) is 101 cm³/mol. The van der Waals surface area contributed by atoms with E-state index in [1.807, 2.05) is 43.3 Å². The van der Waals surface area contributed by atoms with E-state index in [4.69, 9.17) is 10.8 Å². The van der Waals surface area contributed by atoms with Crippen LogP contribution in [0.25, 0.3) is 28.2 Å². The van der Waals surface area contributed by atoms with Gasteiger partial charge in [0.05, 0.1) is 7.11 Å². The molecule has 0 spiro atoms. The van der Waals surface area contributed by atoms with Crippen molar-refractivity contribution in [3.8, 4) is 23.5 Å². The van der Waals surface area contributed by atoms with Gasteiger partial charge in [-0.25, -0.2) is 9.59 Å². The van der Waals surface area contributed by atoms with Crippen molar-refractivity contribution >= 4 is 23.0 Å². The Bertz CT molecular complexity index is 1130. The van der Waals surface area contributed by atoms with Gasteiger partial charge in [0.2, 0.25) is 0 Å². The fourth-order valence-electron chi connectivity index (χ4n) is 2.80. The zero-order valence-electron chi connectivity index (χ0n) is 14.4. The van der Waals surface area contributed by atoms with Crippen LogP contribution in [-0.4, -0.2) is 13.1 Å². The van der Waals surface area contributed by atoms with Crippen molar-refractivity contribution in [1.82, 2.24) is 0 Å². The fraction of sp³-hybridized carbons (Fsp3) is 0.0909. The second kappa shape index (κ2) is 7.12. The molecule has 26 heavy (non-hydrogen) atoms. The topological polar surface area (TPSA) is 56.5 Å². The number of ether oxygens (including phenoxy) is 1. The average molecular weight is 344 g/mol. The van der Waals surface area contributed by atoms with E-state index < -0.39 is 11.6 Å². The molecule has 3 aromatic rings. The van der Waals surface area contributed by atoms with Crippen molar-refractivity contribution in [3.63, 3.8) is 0 Å². The lowest BCUT2D eigenvalue weighted by Gasteiger charge is -2.09. The van der Waals surface area contributed by atoms with Crippen molar-refractivity contribution in [2.75, 3.05) is 7.11 Å². The number of terminal acetylenes is 1. The monoisotopic (exact) mass is 344 g/mol. The number of carbonyl (C=O) groups excluding carboxylic acids is 1. The highest BCUT2D eigenvalue weighted by molar-refractivity contribution is 5.99. The first-order valence-electron chi connectivity index (χ1n) is 7.94. The van der Waals surface area contributed by atoms with E-state index >= 15 is 0 Å². The smallest absolute Gasteiger partial charge is 0.346 e. The van der Waals surface area contributed by atoms with Gasteiger partial charge in [-0.3, -0.25) is 0 Å². The summed E-state index contributed by atoms with van der Waals surface area (Å²) in [6.45, 7) is 1.99. The van der Waals surface area contributed by atoms with Crippen molar-refractivity contribution in [1.29, 1.82) is 0 Å². The number of fused-ring (bicyclic) bond motifs is 1. The molecule has 1 aromatic heterocycles. The van der Waals surface area contributed by atoms with Crippen molar-refractivity contribution in [2.45, 2.75) is 6.92 Å². The Balaban J connectivity index is 2.20. The van der Waals surface area contributed by atoms with Gasteiger partial charge in [0.25, 0.3) is 0 Å². The van der Waals surface area contributed by atoms with Crippen LogP contribution in [0.15, 0.2) is 63.3 Å². The molecule has 0 unspecified atom stereocenters. The summed E-state index contributed by atoms with van der Waals surface area (Å²) in [5, 5.41) is 0.802. The summed E-state index contributed by atoms with van der Waals surface area (Å²) in [5.41, 5.74) is 3.53. The molecule has 0 aliphatic rings. The maximum Gasteiger partial charge on any atom is 0.346 e. The van der Waals surface area contributed by atoms with Gasteiger partial charge in [-0.15, -0.1) is 6.42 Å². The molecule has 128 valence electrons. The van der Waals surface area contributed by atoms with Crippen LogP contribution in [-0.2, 0) is 9.53 Å². The number of hydrogen-bond donors (Lipinski definition) is 0. The summed E-state index contributed by atoms with van der Waals surface area (Å²) in [4.78, 5) is 23.7. The predicted octanol–water partition coefficient (Wildman–Crippen LogP) is 3.96. The number of hydrogen-bond acceptors (Lipinski definition) is 4. The lowest BCUT2D eigenvalue weighted by molar-refractivity contribution is -0.135. The Labute approximate surface area is 150 Å². The maximum atomic E-state index is 12.0. The van der Waals surface area contributed by atoms with Crippen LogP contribution >= 0.6 is 0 Å². The van der Waals surface area contributed by atoms with Gasteiger partial charge in [0.15, 0.2) is 0 Å². The fourth-order valence-corrected chi connectivity index (χ4v) is 2.80. The van der Waals surface area contributed by atoms with Gasteiger partial charge >= 0.3 is 11.6 Å². The van der Waals surface area contributed by atoms with Crippen LogP contribution in [0.2, 0.25) is 0 Å². The summed E-state index contributed by atoms with van der Waals surface area (Å²) in [6.07, 6.45) is 6.88. The minimum Gasteiger partial charge on any atom is -0.465 e. The lowest BCUT2D eigenvalue weighted by atomic mass is 9.97. The first-order chi connectivity index (χ1) is 12.5. The third-order valence-electron chi connectivity index (χ3n) is 4.08. The SMILES string of the molecule is C#C/C(=C/c1ccc2c(-c3ccccc3C)cc(=O)oc2c1)C(=O)OC. The van der Waals surface area contributed by atoms with E-state index in [9.17, 15) is 9.59 Å². The highest BCUT2D eigenvalue weighted by Crippen LogP contribution is 2.30. The molecule has 3 rings (SSSR count). The molecule has 0 atom stereocenters. The van der Waals surface area contributed by atoms with Crippen LogP contribution in [0.5, 0.6) is 0 Å². The molecular formula is C22H16O4. The zero-order chi connectivity index (χ0) is 18.7. The quantitative estimate of drug-likeness (QED) is 0.312. The summed E-state index contributed by atoms with van der Waals surface area (Å²) >= 11 is 0. The van der Waals surface area contributed by atoms with E-state index in [-0.39, 0.29) is 5.57 Å². The molecule has 0 saturated heterocycles. The Morgan fingerprint density at radius 2 is 1.92 bits per heavy atom. The molecule has 0 aliphatic heterocycles. The van der Waals surface area contributed by atoms with Crippen molar-refractivity contribution < 1.29 is 13.9 Å². The number of carbonyl (C=O) groups is 1. The Hall–Kier alpha value is -3.58. The van der Waals surface area contributed by atoms with E-state index in [2.05, 4.69) is 10.7 Å². The number of benzene rings is 2. The molecule has 2 aromatic carbocycles. The average Bonchev–Trinajstić information content (AvgIpc) is 2.65. The second-order valence-corrected chi connectivity index (χ2v) is 5.74. The first kappa shape index (κ1) is 17.2. The molecule has 4 nitrogen and oxygen atoms in total. The summed E-state index contributed by atoms with van der Waals surface area (Å²) < 4.78 is 10.0. The van der Waals surface area contributed by atoms with Gasteiger partial charge in [-0.1, -0.05) is 42.3 Å². The molecule has 0 N–H and O–H groups in total. The molecule has 1 heterocycles. The van der Waals surface area contributed by atoms with E-state index in [0.717, 1.165) is 22.1 Å². The Kier molecular flexibility index (Phi) is 4.72. The van der Waals surface area contributed by atoms with Gasteiger partial charge in [-0.2, -0.15) is 0 Å². The minimum absolute atomic E-state index is 0.0873. The highest BCUT2D eigenvalue weighted by atomic mass is 16.5. The van der Waals surface area contributed by atoms with Gasteiger partial charge in [-0.05, 0) is 35.8 Å². The van der Waals surface area contributed by atoms with E-state index in [1.165, 1.54) is 19.3 Å². The van der Waals surface area contributed by atoms with Crippen molar-refractivity contribution in [2.24, 2.45) is 0 Å². The second-order valence-electron chi connectivity index (χ2n) is 5.74. The summed E-state index contributed by atoms with van der Waals surface area (Å²) in [5.74, 6) is 1.70. The molecule has 0 bridgehead atoms. The molecule has 0 aliphatic carbocycles. The first-order valence-corrected chi connectivity index (χ1v) is 7.94. The Morgan fingerprint density at radius 1 is 1.15 bits per heavy atom. The highest BCUT2D eigenvalue weighted by Gasteiger charge is 2.11. The standard InChI is InChI=1S/C22H16O4/c1-4-16(22(24)25-3)11-15-9-10-18-19(13-21(23)26-20(18)12-15)17-8-6-5-7-14(17)2/h1,5-13H,2-3H3/b16-11-. The molecule has 0 radical (unpaired) electrons. The van der Waals surface area contributed by atoms with E-state index in [0.29, 0.717) is 11.1 Å². The molecule has 4 heteroatoms. The van der Waals surface area contributed by atoms with Crippen LogP contribution in [0, 0.1) is 19.3 Å². The molecular weight excluding hydrogens is 328 g/mol. The molecule has 0 saturated carbocycles. The van der Waals surface area contributed by atoms with Crippen LogP contribution in [0.4, 0.5) is 0 Å². The summed E-state index contributed by atoms with van der Waals surface area (Å²) in [7, 11) is 1.27.